The van der Waals surface area contributed by atoms with Gasteiger partial charge in [-0.15, -0.1) is 24.8 Å². The molecule has 0 bridgehead atoms. The van der Waals surface area contributed by atoms with Gasteiger partial charge in [-0.3, -0.25) is 0 Å². The summed E-state index contributed by atoms with van der Waals surface area (Å²) in [4.78, 5) is 2.60. The smallest absolute Gasteiger partial charge is 0.0585 e. The van der Waals surface area contributed by atoms with E-state index < -0.39 is 0 Å². The first kappa shape index (κ1) is 15.5. The third-order valence-electron chi connectivity index (χ3n) is 3.34. The number of aliphatic hydroxyl groups is 1. The average molecular weight is 257 g/mol. The molecule has 2 heterocycles. The van der Waals surface area contributed by atoms with Crippen molar-refractivity contribution in [3.63, 3.8) is 0 Å². The number of hydrogen-bond donors (Lipinski definition) is 2. The molecule has 0 amide bonds. The topological polar surface area (TPSA) is 35.5 Å². The normalized spacial score (nSPS) is 31.8. The van der Waals surface area contributed by atoms with Crippen molar-refractivity contribution < 1.29 is 5.11 Å². The number of rotatable bonds is 2. The van der Waals surface area contributed by atoms with Gasteiger partial charge in [0.25, 0.3) is 0 Å². The van der Waals surface area contributed by atoms with E-state index >= 15 is 0 Å². The SMILES string of the molecule is Cl.Cl.OC[C@H]1C[C@H](N2CCCC2)CCN1. The minimum absolute atomic E-state index is 0. The van der Waals surface area contributed by atoms with Gasteiger partial charge in [0.15, 0.2) is 0 Å². The van der Waals surface area contributed by atoms with E-state index in [9.17, 15) is 0 Å². The Labute approximate surface area is 104 Å². The molecule has 0 aliphatic carbocycles. The van der Waals surface area contributed by atoms with Crippen LogP contribution in [0.5, 0.6) is 0 Å². The number of piperidine rings is 1. The number of hydrogen-bond acceptors (Lipinski definition) is 3. The Kier molecular flexibility index (Phi) is 7.92. The lowest BCUT2D eigenvalue weighted by atomic mass is 9.99. The van der Waals surface area contributed by atoms with Crippen LogP contribution in [-0.2, 0) is 0 Å². The van der Waals surface area contributed by atoms with E-state index in [1.807, 2.05) is 0 Å². The second-order valence-electron chi connectivity index (χ2n) is 4.25. The second-order valence-corrected chi connectivity index (χ2v) is 4.25. The van der Waals surface area contributed by atoms with Crippen LogP contribution < -0.4 is 5.32 Å². The van der Waals surface area contributed by atoms with Gasteiger partial charge in [0.05, 0.1) is 6.61 Å². The molecule has 5 heteroatoms. The van der Waals surface area contributed by atoms with Crippen LogP contribution in [0.15, 0.2) is 0 Å². The number of aliphatic hydroxyl groups excluding tert-OH is 1. The maximum atomic E-state index is 9.07. The number of nitrogens with one attached hydrogen (secondary N) is 1. The molecule has 0 saturated carbocycles. The lowest BCUT2D eigenvalue weighted by Gasteiger charge is -2.35. The Hall–Kier alpha value is 0.460. The third-order valence-corrected chi connectivity index (χ3v) is 3.34. The van der Waals surface area contributed by atoms with Crippen LogP contribution in [0.2, 0.25) is 0 Å². The van der Waals surface area contributed by atoms with Crippen LogP contribution in [0.1, 0.15) is 25.7 Å². The highest BCUT2D eigenvalue weighted by Crippen LogP contribution is 2.20. The molecule has 92 valence electrons. The molecule has 15 heavy (non-hydrogen) atoms. The van der Waals surface area contributed by atoms with E-state index in [4.69, 9.17) is 5.11 Å². The van der Waals surface area contributed by atoms with Crippen LogP contribution in [0.25, 0.3) is 0 Å². The van der Waals surface area contributed by atoms with Crippen molar-refractivity contribution in [2.45, 2.75) is 37.8 Å². The summed E-state index contributed by atoms with van der Waals surface area (Å²) in [5.41, 5.74) is 0. The number of halogens is 2. The quantitative estimate of drug-likeness (QED) is 0.776. The van der Waals surface area contributed by atoms with Crippen molar-refractivity contribution in [3.05, 3.63) is 0 Å². The third kappa shape index (κ3) is 4.08. The molecule has 0 unspecified atom stereocenters. The second kappa shape index (κ2) is 7.69. The van der Waals surface area contributed by atoms with Gasteiger partial charge in [-0.2, -0.15) is 0 Å². The van der Waals surface area contributed by atoms with Crippen LogP contribution >= 0.6 is 24.8 Å². The van der Waals surface area contributed by atoms with Gasteiger partial charge in [0.1, 0.15) is 0 Å². The van der Waals surface area contributed by atoms with Gasteiger partial charge >= 0.3 is 0 Å². The molecule has 2 fully saturated rings. The Morgan fingerprint density at radius 3 is 2.47 bits per heavy atom. The van der Waals surface area contributed by atoms with Gasteiger partial charge in [-0.05, 0) is 45.3 Å². The number of nitrogens with zero attached hydrogens (tertiary/aromatic N) is 1. The zero-order valence-corrected chi connectivity index (χ0v) is 10.7. The molecule has 0 spiro atoms. The van der Waals surface area contributed by atoms with Crippen molar-refractivity contribution in [1.29, 1.82) is 0 Å². The summed E-state index contributed by atoms with van der Waals surface area (Å²) in [5.74, 6) is 0. The Balaban J connectivity index is 0.000000980. The molecule has 0 radical (unpaired) electrons. The zero-order chi connectivity index (χ0) is 9.10. The average Bonchev–Trinajstić information content (AvgIpc) is 2.71. The van der Waals surface area contributed by atoms with E-state index in [1.54, 1.807) is 0 Å². The first-order valence-electron chi connectivity index (χ1n) is 5.48. The van der Waals surface area contributed by atoms with Crippen molar-refractivity contribution in [1.82, 2.24) is 10.2 Å². The van der Waals surface area contributed by atoms with Gasteiger partial charge in [0.2, 0.25) is 0 Å². The predicted octanol–water partition coefficient (Wildman–Crippen LogP) is 1.04. The van der Waals surface area contributed by atoms with Crippen LogP contribution in [0.3, 0.4) is 0 Å². The maximum absolute atomic E-state index is 9.07. The van der Waals surface area contributed by atoms with E-state index in [-0.39, 0.29) is 24.8 Å². The van der Waals surface area contributed by atoms with Gasteiger partial charge in [-0.1, -0.05) is 0 Å². The van der Waals surface area contributed by atoms with Gasteiger partial charge in [0, 0.05) is 12.1 Å². The molecule has 2 aliphatic rings. The molecule has 3 nitrogen and oxygen atoms in total. The molecule has 2 N–H and O–H groups in total. The molecule has 2 rings (SSSR count). The van der Waals surface area contributed by atoms with Gasteiger partial charge in [-0.25, -0.2) is 0 Å². The lowest BCUT2D eigenvalue weighted by Crippen LogP contribution is -2.48. The highest BCUT2D eigenvalue weighted by Gasteiger charge is 2.27. The molecule has 2 atom stereocenters. The fraction of sp³-hybridized carbons (Fsp3) is 1.00. The van der Waals surface area contributed by atoms with E-state index in [1.165, 1.54) is 32.4 Å². The van der Waals surface area contributed by atoms with Crippen molar-refractivity contribution in [2.75, 3.05) is 26.2 Å². The fourth-order valence-electron chi connectivity index (χ4n) is 2.56. The predicted molar refractivity (Wildman–Crippen MR) is 67.2 cm³/mol. The molecule has 2 aliphatic heterocycles. The molecular weight excluding hydrogens is 235 g/mol. The summed E-state index contributed by atoms with van der Waals surface area (Å²) >= 11 is 0. The summed E-state index contributed by atoms with van der Waals surface area (Å²) in [6.07, 6.45) is 5.13. The highest BCUT2D eigenvalue weighted by atomic mass is 35.5. The zero-order valence-electron chi connectivity index (χ0n) is 9.02. The first-order valence-corrected chi connectivity index (χ1v) is 5.48. The summed E-state index contributed by atoms with van der Waals surface area (Å²) in [7, 11) is 0. The fourth-order valence-corrected chi connectivity index (χ4v) is 2.56. The Bertz CT molecular complexity index is 166. The van der Waals surface area contributed by atoms with Crippen molar-refractivity contribution in [3.8, 4) is 0 Å². The van der Waals surface area contributed by atoms with E-state index in [2.05, 4.69) is 10.2 Å². The molecule has 0 aromatic carbocycles. The van der Waals surface area contributed by atoms with Crippen LogP contribution in [0.4, 0.5) is 0 Å². The van der Waals surface area contributed by atoms with E-state index in [0.29, 0.717) is 12.6 Å². The summed E-state index contributed by atoms with van der Waals surface area (Å²) in [6.45, 7) is 3.93. The molecular formula is C10H22Cl2N2O. The molecule has 2 saturated heterocycles. The van der Waals surface area contributed by atoms with Crippen LogP contribution in [-0.4, -0.2) is 48.3 Å². The lowest BCUT2D eigenvalue weighted by molar-refractivity contribution is 0.140. The first-order chi connectivity index (χ1) is 6.40. The number of likely N-dealkylation sites (tertiary alicyclic amines) is 1. The Morgan fingerprint density at radius 1 is 1.20 bits per heavy atom. The standard InChI is InChI=1S/C10H20N2O.2ClH/c13-8-9-7-10(3-4-11-9)12-5-1-2-6-12;;/h9-11,13H,1-8H2;2*1H/t9-,10-;;/m1../s1. The molecule has 0 aromatic heterocycles. The van der Waals surface area contributed by atoms with E-state index in [0.717, 1.165) is 19.0 Å². The highest BCUT2D eigenvalue weighted by molar-refractivity contribution is 5.85. The largest absolute Gasteiger partial charge is 0.395 e. The van der Waals surface area contributed by atoms with Crippen molar-refractivity contribution in [2.24, 2.45) is 0 Å². The molecule has 0 aromatic rings. The van der Waals surface area contributed by atoms with Crippen LogP contribution in [0, 0.1) is 0 Å². The van der Waals surface area contributed by atoms with Crippen molar-refractivity contribution >= 4 is 24.8 Å². The summed E-state index contributed by atoms with van der Waals surface area (Å²) < 4.78 is 0. The minimum Gasteiger partial charge on any atom is -0.395 e. The minimum atomic E-state index is 0. The Morgan fingerprint density at radius 2 is 1.87 bits per heavy atom. The monoisotopic (exact) mass is 256 g/mol. The summed E-state index contributed by atoms with van der Waals surface area (Å²) in [6, 6.07) is 1.08. The van der Waals surface area contributed by atoms with Gasteiger partial charge < -0.3 is 15.3 Å². The summed E-state index contributed by atoms with van der Waals surface area (Å²) in [5, 5.41) is 12.4. The maximum Gasteiger partial charge on any atom is 0.0585 e.